The zero-order chi connectivity index (χ0) is 11.8. The molecule has 1 aliphatic rings. The van der Waals surface area contributed by atoms with Gasteiger partial charge in [0.2, 0.25) is 0 Å². The minimum absolute atomic E-state index is 0.0765. The molecule has 3 nitrogen and oxygen atoms in total. The summed E-state index contributed by atoms with van der Waals surface area (Å²) in [6, 6.07) is 2.95. The van der Waals surface area contributed by atoms with E-state index in [1.165, 1.54) is 13.2 Å². The zero-order valence-corrected chi connectivity index (χ0v) is 9.51. The summed E-state index contributed by atoms with van der Waals surface area (Å²) in [4.78, 5) is 0. The fourth-order valence-corrected chi connectivity index (χ4v) is 2.31. The molecular formula is C12H16FNO2. The summed E-state index contributed by atoms with van der Waals surface area (Å²) in [6.07, 6.45) is 1.98. The third kappa shape index (κ3) is 1.63. The van der Waals surface area contributed by atoms with Crippen LogP contribution in [0.1, 0.15) is 25.3 Å². The largest absolute Gasteiger partial charge is 0.504 e. The highest BCUT2D eigenvalue weighted by Gasteiger charge is 2.33. The van der Waals surface area contributed by atoms with Gasteiger partial charge in [0.1, 0.15) is 0 Å². The Hall–Kier alpha value is -1.29. The van der Waals surface area contributed by atoms with E-state index in [1.807, 2.05) is 6.92 Å². The second kappa shape index (κ2) is 3.94. The van der Waals surface area contributed by atoms with Gasteiger partial charge in [0.15, 0.2) is 17.3 Å². The van der Waals surface area contributed by atoms with Gasteiger partial charge in [-0.2, -0.15) is 0 Å². The number of ether oxygens (including phenoxy) is 1. The van der Waals surface area contributed by atoms with E-state index in [9.17, 15) is 9.50 Å². The van der Waals surface area contributed by atoms with Crippen LogP contribution < -0.4 is 10.1 Å². The Morgan fingerprint density at radius 2 is 2.25 bits per heavy atom. The second-order valence-corrected chi connectivity index (χ2v) is 4.34. The Labute approximate surface area is 94.2 Å². The van der Waals surface area contributed by atoms with Gasteiger partial charge in [-0.3, -0.25) is 0 Å². The van der Waals surface area contributed by atoms with Crippen molar-refractivity contribution >= 4 is 0 Å². The molecule has 16 heavy (non-hydrogen) atoms. The summed E-state index contributed by atoms with van der Waals surface area (Å²) in [5, 5.41) is 13.3. The van der Waals surface area contributed by atoms with E-state index in [4.69, 9.17) is 4.74 Å². The molecule has 0 radical (unpaired) electrons. The zero-order valence-electron chi connectivity index (χ0n) is 9.51. The van der Waals surface area contributed by atoms with Crippen molar-refractivity contribution < 1.29 is 14.2 Å². The maximum Gasteiger partial charge on any atom is 0.196 e. The SMILES string of the molecule is COc1c(F)ccc(C2(C)CCCN2)c1O. The van der Waals surface area contributed by atoms with Gasteiger partial charge in [-0.15, -0.1) is 0 Å². The topological polar surface area (TPSA) is 41.5 Å². The summed E-state index contributed by atoms with van der Waals surface area (Å²) < 4.78 is 18.2. The van der Waals surface area contributed by atoms with Crippen LogP contribution in [0.3, 0.4) is 0 Å². The lowest BCUT2D eigenvalue weighted by atomic mass is 9.89. The number of methoxy groups -OCH3 is 1. The maximum absolute atomic E-state index is 13.3. The smallest absolute Gasteiger partial charge is 0.196 e. The lowest BCUT2D eigenvalue weighted by Crippen LogP contribution is -2.33. The first-order valence-corrected chi connectivity index (χ1v) is 5.39. The molecule has 88 valence electrons. The molecule has 1 saturated heterocycles. The molecule has 0 amide bonds. The number of hydrogen-bond acceptors (Lipinski definition) is 3. The fraction of sp³-hybridized carbons (Fsp3) is 0.500. The van der Waals surface area contributed by atoms with Crippen LogP contribution in [-0.4, -0.2) is 18.8 Å². The van der Waals surface area contributed by atoms with Crippen LogP contribution in [0.5, 0.6) is 11.5 Å². The van der Waals surface area contributed by atoms with E-state index in [0.29, 0.717) is 5.56 Å². The number of nitrogens with one attached hydrogen (secondary N) is 1. The van der Waals surface area contributed by atoms with Gasteiger partial charge in [-0.05, 0) is 32.4 Å². The Bertz CT molecular complexity index is 400. The molecule has 2 N–H and O–H groups in total. The lowest BCUT2D eigenvalue weighted by Gasteiger charge is -2.26. The molecule has 0 bridgehead atoms. The van der Waals surface area contributed by atoms with Gasteiger partial charge in [0, 0.05) is 11.1 Å². The van der Waals surface area contributed by atoms with Gasteiger partial charge in [0.05, 0.1) is 7.11 Å². The molecule has 0 aromatic heterocycles. The van der Waals surface area contributed by atoms with Crippen molar-refractivity contribution in [2.75, 3.05) is 13.7 Å². The van der Waals surface area contributed by atoms with Crippen LogP contribution in [0.4, 0.5) is 4.39 Å². The average Bonchev–Trinajstić information content (AvgIpc) is 2.66. The molecule has 0 spiro atoms. The van der Waals surface area contributed by atoms with Crippen LogP contribution in [-0.2, 0) is 5.54 Å². The molecule has 4 heteroatoms. The summed E-state index contributed by atoms with van der Waals surface area (Å²) in [7, 11) is 1.35. The van der Waals surface area contributed by atoms with Gasteiger partial charge in [0.25, 0.3) is 0 Å². The quantitative estimate of drug-likeness (QED) is 0.810. The van der Waals surface area contributed by atoms with E-state index in [1.54, 1.807) is 6.07 Å². The molecule has 2 rings (SSSR count). The van der Waals surface area contributed by atoms with E-state index < -0.39 is 5.82 Å². The van der Waals surface area contributed by atoms with E-state index >= 15 is 0 Å². The first-order chi connectivity index (χ1) is 7.58. The summed E-state index contributed by atoms with van der Waals surface area (Å²) >= 11 is 0. The number of rotatable bonds is 2. The standard InChI is InChI=1S/C12H16FNO2/c1-12(6-3-7-14-12)8-4-5-9(13)11(16-2)10(8)15/h4-5,14-15H,3,6-7H2,1-2H3. The van der Waals surface area contributed by atoms with Crippen molar-refractivity contribution in [1.82, 2.24) is 5.32 Å². The number of halogens is 1. The highest BCUT2D eigenvalue weighted by Crippen LogP contribution is 2.41. The number of phenols is 1. The predicted octanol–water partition coefficient (Wildman–Crippen LogP) is 2.14. The molecule has 1 aliphatic heterocycles. The van der Waals surface area contributed by atoms with Gasteiger partial charge < -0.3 is 15.2 Å². The van der Waals surface area contributed by atoms with Crippen LogP contribution in [0.15, 0.2) is 12.1 Å². The Morgan fingerprint density at radius 3 is 2.81 bits per heavy atom. The second-order valence-electron chi connectivity index (χ2n) is 4.34. The number of aromatic hydroxyl groups is 1. The molecular weight excluding hydrogens is 209 g/mol. The van der Waals surface area contributed by atoms with Crippen LogP contribution in [0, 0.1) is 5.82 Å². The van der Waals surface area contributed by atoms with Crippen LogP contribution in [0.25, 0.3) is 0 Å². The molecule has 1 aromatic rings. The molecule has 1 unspecified atom stereocenters. The van der Waals surface area contributed by atoms with E-state index in [-0.39, 0.29) is 17.0 Å². The van der Waals surface area contributed by atoms with Gasteiger partial charge >= 0.3 is 0 Å². The van der Waals surface area contributed by atoms with Crippen LogP contribution >= 0.6 is 0 Å². The lowest BCUT2D eigenvalue weighted by molar-refractivity contribution is 0.334. The van der Waals surface area contributed by atoms with Crippen molar-refractivity contribution in [1.29, 1.82) is 0 Å². The van der Waals surface area contributed by atoms with E-state index in [0.717, 1.165) is 19.4 Å². The van der Waals surface area contributed by atoms with Crippen LogP contribution in [0.2, 0.25) is 0 Å². The summed E-state index contributed by atoms with van der Waals surface area (Å²) in [6.45, 7) is 2.92. The predicted molar refractivity (Wildman–Crippen MR) is 59.2 cm³/mol. The minimum Gasteiger partial charge on any atom is -0.504 e. The van der Waals surface area contributed by atoms with E-state index in [2.05, 4.69) is 5.32 Å². The van der Waals surface area contributed by atoms with Gasteiger partial charge in [-0.25, -0.2) is 4.39 Å². The third-order valence-electron chi connectivity index (χ3n) is 3.25. The monoisotopic (exact) mass is 225 g/mol. The van der Waals surface area contributed by atoms with Crippen molar-refractivity contribution in [3.05, 3.63) is 23.5 Å². The normalized spacial score (nSPS) is 24.7. The Morgan fingerprint density at radius 1 is 1.50 bits per heavy atom. The van der Waals surface area contributed by atoms with Crippen molar-refractivity contribution in [2.45, 2.75) is 25.3 Å². The molecule has 1 fully saturated rings. The van der Waals surface area contributed by atoms with Crippen molar-refractivity contribution in [3.63, 3.8) is 0 Å². The average molecular weight is 225 g/mol. The molecule has 0 aliphatic carbocycles. The van der Waals surface area contributed by atoms with Crippen molar-refractivity contribution in [2.24, 2.45) is 0 Å². The first kappa shape index (κ1) is 11.2. The highest BCUT2D eigenvalue weighted by atomic mass is 19.1. The molecule has 0 saturated carbocycles. The number of hydrogen-bond donors (Lipinski definition) is 2. The minimum atomic E-state index is -0.537. The summed E-state index contributed by atoms with van der Waals surface area (Å²) in [5.74, 6) is -0.711. The fourth-order valence-electron chi connectivity index (χ4n) is 2.31. The highest BCUT2D eigenvalue weighted by molar-refractivity contribution is 5.49. The van der Waals surface area contributed by atoms with Gasteiger partial charge in [-0.1, -0.05) is 6.07 Å². The Kier molecular flexibility index (Phi) is 2.76. The van der Waals surface area contributed by atoms with Crippen molar-refractivity contribution in [3.8, 4) is 11.5 Å². The molecule has 1 atom stereocenters. The molecule has 1 heterocycles. The number of benzene rings is 1. The maximum atomic E-state index is 13.3. The third-order valence-corrected chi connectivity index (χ3v) is 3.25. The molecule has 1 aromatic carbocycles. The Balaban J connectivity index is 2.49. The first-order valence-electron chi connectivity index (χ1n) is 5.39. The summed E-state index contributed by atoms with van der Waals surface area (Å²) in [5.41, 5.74) is 0.411. The number of phenolic OH excluding ortho intramolecular Hbond substituents is 1.